The van der Waals surface area contributed by atoms with Crippen LogP contribution in [0.3, 0.4) is 0 Å². The van der Waals surface area contributed by atoms with Crippen LogP contribution >= 0.6 is 0 Å². The maximum Gasteiger partial charge on any atom is 0.408 e. The summed E-state index contributed by atoms with van der Waals surface area (Å²) in [6, 6.07) is 0. The largest absolute Gasteiger partial charge is 0.444 e. The monoisotopic (exact) mass is 360 g/mol. The number of amides is 1. The summed E-state index contributed by atoms with van der Waals surface area (Å²) in [5.41, 5.74) is -1.17. The summed E-state index contributed by atoms with van der Waals surface area (Å²) in [5, 5.41) is 3.05. The molecule has 1 saturated heterocycles. The maximum atomic E-state index is 12.2. The van der Waals surface area contributed by atoms with Gasteiger partial charge in [0.2, 0.25) is 10.0 Å². The van der Waals surface area contributed by atoms with Crippen LogP contribution in [0.25, 0.3) is 0 Å². The molecule has 2 rings (SSSR count). The summed E-state index contributed by atoms with van der Waals surface area (Å²) in [5.74, 6) is 0.471. The molecule has 7 heteroatoms. The molecule has 2 fully saturated rings. The first kappa shape index (κ1) is 19.5. The van der Waals surface area contributed by atoms with Gasteiger partial charge >= 0.3 is 6.09 Å². The molecule has 1 aliphatic carbocycles. The average molecular weight is 361 g/mol. The van der Waals surface area contributed by atoms with Crippen LogP contribution in [0.5, 0.6) is 0 Å². The lowest BCUT2D eigenvalue weighted by atomic mass is 9.71. The molecular formula is C17H32N2O4S. The highest BCUT2D eigenvalue weighted by Gasteiger charge is 2.53. The van der Waals surface area contributed by atoms with Gasteiger partial charge in [-0.05, 0) is 58.3 Å². The van der Waals surface area contributed by atoms with E-state index in [1.54, 1.807) is 4.31 Å². The number of hydrogen-bond donors (Lipinski definition) is 1. The Kier molecular flexibility index (Phi) is 5.01. The number of sulfonamides is 1. The van der Waals surface area contributed by atoms with Crippen molar-refractivity contribution in [2.45, 2.75) is 71.9 Å². The van der Waals surface area contributed by atoms with Crippen LogP contribution in [0.1, 0.15) is 60.8 Å². The van der Waals surface area contributed by atoms with Crippen molar-refractivity contribution in [1.29, 1.82) is 0 Å². The van der Waals surface area contributed by atoms with Gasteiger partial charge in [-0.3, -0.25) is 0 Å². The topological polar surface area (TPSA) is 75.7 Å². The third kappa shape index (κ3) is 3.87. The van der Waals surface area contributed by atoms with Crippen molar-refractivity contribution in [2.75, 3.05) is 18.8 Å². The molecule has 1 aliphatic heterocycles. The molecule has 0 aromatic rings. The molecule has 1 amide bonds. The zero-order valence-corrected chi connectivity index (χ0v) is 16.6. The molecule has 6 nitrogen and oxygen atoms in total. The maximum absolute atomic E-state index is 12.2. The van der Waals surface area contributed by atoms with Gasteiger partial charge in [-0.1, -0.05) is 13.8 Å². The van der Waals surface area contributed by atoms with Crippen molar-refractivity contribution in [3.63, 3.8) is 0 Å². The summed E-state index contributed by atoms with van der Waals surface area (Å²) in [6.07, 6.45) is 2.01. The smallest absolute Gasteiger partial charge is 0.408 e. The average Bonchev–Trinajstić information content (AvgIpc) is 2.79. The van der Waals surface area contributed by atoms with Crippen LogP contribution in [0.4, 0.5) is 4.79 Å². The van der Waals surface area contributed by atoms with Crippen molar-refractivity contribution in [2.24, 2.45) is 11.3 Å². The van der Waals surface area contributed by atoms with Crippen LogP contribution in [-0.2, 0) is 14.8 Å². The van der Waals surface area contributed by atoms with Crippen molar-refractivity contribution < 1.29 is 17.9 Å². The van der Waals surface area contributed by atoms with E-state index in [1.165, 1.54) is 0 Å². The number of nitrogens with one attached hydrogen (secondary N) is 1. The predicted octanol–water partition coefficient (Wildman–Crippen LogP) is 2.74. The molecule has 0 radical (unpaired) electrons. The first-order valence-electron chi connectivity index (χ1n) is 8.76. The number of carbonyl (C=O) groups is 1. The van der Waals surface area contributed by atoms with E-state index in [0.29, 0.717) is 19.5 Å². The van der Waals surface area contributed by atoms with E-state index in [4.69, 9.17) is 4.74 Å². The van der Waals surface area contributed by atoms with E-state index in [2.05, 4.69) is 19.2 Å². The lowest BCUT2D eigenvalue weighted by molar-refractivity contribution is 0.0341. The van der Waals surface area contributed by atoms with E-state index in [1.807, 2.05) is 27.7 Å². The SMILES string of the molecule is CC(C)(C)OC(=O)N[C@]1(C)CC[C@H](CN2CCCS2(=O)=O)C1(C)C. The molecule has 0 bridgehead atoms. The first-order valence-corrected chi connectivity index (χ1v) is 10.4. The van der Waals surface area contributed by atoms with E-state index in [0.717, 1.165) is 12.8 Å². The van der Waals surface area contributed by atoms with Gasteiger partial charge in [0.1, 0.15) is 5.60 Å². The van der Waals surface area contributed by atoms with Gasteiger partial charge in [0, 0.05) is 18.6 Å². The third-order valence-electron chi connectivity index (χ3n) is 5.84. The Morgan fingerprint density at radius 2 is 1.92 bits per heavy atom. The molecular weight excluding hydrogens is 328 g/mol. The minimum Gasteiger partial charge on any atom is -0.444 e. The molecule has 0 spiro atoms. The van der Waals surface area contributed by atoms with Crippen molar-refractivity contribution in [3.05, 3.63) is 0 Å². The second kappa shape index (κ2) is 6.16. The van der Waals surface area contributed by atoms with Gasteiger partial charge in [-0.25, -0.2) is 17.5 Å². The standard InChI is InChI=1S/C17H32N2O4S/c1-15(2,3)23-14(20)18-17(6)9-8-13(16(17,4)5)12-19-10-7-11-24(19,21)22/h13H,7-12H2,1-6H3,(H,18,20)/t13-,17-/m1/s1. The Morgan fingerprint density at radius 3 is 2.42 bits per heavy atom. The minimum absolute atomic E-state index is 0.213. The van der Waals surface area contributed by atoms with Gasteiger partial charge in [-0.15, -0.1) is 0 Å². The lowest BCUT2D eigenvalue weighted by Gasteiger charge is -2.43. The summed E-state index contributed by atoms with van der Waals surface area (Å²) in [4.78, 5) is 12.2. The van der Waals surface area contributed by atoms with Gasteiger partial charge in [0.25, 0.3) is 0 Å². The molecule has 24 heavy (non-hydrogen) atoms. The normalized spacial score (nSPS) is 32.7. The fourth-order valence-electron chi connectivity index (χ4n) is 3.81. The fraction of sp³-hybridized carbons (Fsp3) is 0.941. The Hall–Kier alpha value is -0.820. The van der Waals surface area contributed by atoms with Crippen LogP contribution in [-0.4, -0.2) is 48.8 Å². The van der Waals surface area contributed by atoms with Crippen molar-refractivity contribution in [3.8, 4) is 0 Å². The predicted molar refractivity (Wildman–Crippen MR) is 94.3 cm³/mol. The zero-order valence-electron chi connectivity index (χ0n) is 15.8. The number of ether oxygens (including phenoxy) is 1. The van der Waals surface area contributed by atoms with E-state index >= 15 is 0 Å². The number of rotatable bonds is 3. The Labute approximate surface area is 146 Å². The van der Waals surface area contributed by atoms with Crippen LogP contribution in [0.2, 0.25) is 0 Å². The molecule has 1 N–H and O–H groups in total. The molecule has 1 saturated carbocycles. The van der Waals surface area contributed by atoms with Crippen LogP contribution in [0, 0.1) is 11.3 Å². The fourth-order valence-corrected chi connectivity index (χ4v) is 5.38. The Morgan fingerprint density at radius 1 is 1.29 bits per heavy atom. The molecule has 0 unspecified atom stereocenters. The molecule has 1 heterocycles. The second-order valence-corrected chi connectivity index (χ2v) is 11.0. The molecule has 0 aromatic carbocycles. The molecule has 2 aliphatic rings. The van der Waals surface area contributed by atoms with Crippen LogP contribution in [0.15, 0.2) is 0 Å². The summed E-state index contributed by atoms with van der Waals surface area (Å²) in [6.45, 7) is 13.0. The Bertz CT molecular complexity index is 594. The molecule has 140 valence electrons. The highest BCUT2D eigenvalue weighted by atomic mass is 32.2. The molecule has 0 aromatic heterocycles. The lowest BCUT2D eigenvalue weighted by Crippen LogP contribution is -2.56. The van der Waals surface area contributed by atoms with Crippen molar-refractivity contribution in [1.82, 2.24) is 9.62 Å². The van der Waals surface area contributed by atoms with Crippen molar-refractivity contribution >= 4 is 16.1 Å². The summed E-state index contributed by atoms with van der Waals surface area (Å²) < 4.78 is 31.2. The quantitative estimate of drug-likeness (QED) is 0.840. The van der Waals surface area contributed by atoms with Gasteiger partial charge in [-0.2, -0.15) is 0 Å². The minimum atomic E-state index is -3.09. The van der Waals surface area contributed by atoms with Gasteiger partial charge in [0.15, 0.2) is 0 Å². The third-order valence-corrected chi connectivity index (χ3v) is 7.76. The number of nitrogens with zero attached hydrogens (tertiary/aromatic N) is 1. The van der Waals surface area contributed by atoms with Gasteiger partial charge in [0.05, 0.1) is 5.75 Å². The van der Waals surface area contributed by atoms with E-state index < -0.39 is 27.3 Å². The highest BCUT2D eigenvalue weighted by Crippen LogP contribution is 2.50. The Balaban J connectivity index is 2.07. The second-order valence-electron chi connectivity index (χ2n) is 8.94. The zero-order chi connectivity index (χ0) is 18.4. The summed E-state index contributed by atoms with van der Waals surface area (Å²) >= 11 is 0. The number of hydrogen-bond acceptors (Lipinski definition) is 4. The summed E-state index contributed by atoms with van der Waals surface area (Å²) in [7, 11) is -3.09. The molecule has 2 atom stereocenters. The number of carbonyl (C=O) groups excluding carboxylic acids is 1. The van der Waals surface area contributed by atoms with Gasteiger partial charge < -0.3 is 10.1 Å². The highest BCUT2D eigenvalue weighted by molar-refractivity contribution is 7.89. The number of alkyl carbamates (subject to hydrolysis) is 1. The van der Waals surface area contributed by atoms with Crippen LogP contribution < -0.4 is 5.32 Å². The van der Waals surface area contributed by atoms with E-state index in [9.17, 15) is 13.2 Å². The van der Waals surface area contributed by atoms with E-state index in [-0.39, 0.29) is 17.1 Å². The first-order chi connectivity index (χ1) is 10.8.